The summed E-state index contributed by atoms with van der Waals surface area (Å²) in [4.78, 5) is 14.7. The van der Waals surface area contributed by atoms with Crippen LogP contribution in [-0.2, 0) is 17.6 Å². The highest BCUT2D eigenvalue weighted by Gasteiger charge is 2.36. The largest absolute Gasteiger partial charge is 0.493 e. The van der Waals surface area contributed by atoms with Crippen LogP contribution in [0.2, 0.25) is 0 Å². The van der Waals surface area contributed by atoms with Gasteiger partial charge in [0, 0.05) is 6.54 Å². The minimum atomic E-state index is -0.180. The van der Waals surface area contributed by atoms with E-state index in [1.54, 1.807) is 12.0 Å². The lowest BCUT2D eigenvalue weighted by Gasteiger charge is -2.17. The quantitative estimate of drug-likeness (QED) is 0.535. The maximum absolute atomic E-state index is 13.0. The van der Waals surface area contributed by atoms with Gasteiger partial charge in [0.1, 0.15) is 4.32 Å². The van der Waals surface area contributed by atoms with Crippen LogP contribution in [0.25, 0.3) is 0 Å². The summed E-state index contributed by atoms with van der Waals surface area (Å²) in [5.74, 6) is 1.55. The van der Waals surface area contributed by atoms with Crippen molar-refractivity contribution in [1.29, 1.82) is 0 Å². The van der Waals surface area contributed by atoms with Crippen LogP contribution in [-0.4, -0.2) is 40.6 Å². The summed E-state index contributed by atoms with van der Waals surface area (Å²) >= 11 is 7.00. The maximum Gasteiger partial charge on any atom is 0.241 e. The van der Waals surface area contributed by atoms with E-state index in [9.17, 15) is 4.79 Å². The zero-order valence-corrected chi connectivity index (χ0v) is 18.8. The predicted molar refractivity (Wildman–Crippen MR) is 123 cm³/mol. The molecule has 1 aliphatic heterocycles. The van der Waals surface area contributed by atoms with E-state index < -0.39 is 0 Å². The molecule has 0 N–H and O–H groups in total. The first-order chi connectivity index (χ1) is 14.0. The summed E-state index contributed by atoms with van der Waals surface area (Å²) in [6, 6.07) is 14.3. The van der Waals surface area contributed by atoms with E-state index in [0.29, 0.717) is 29.6 Å². The zero-order valence-electron chi connectivity index (χ0n) is 17.1. The SMILES string of the molecule is CCOc1cc(C[C@@H]2SC(=S)N(CCCc3ccccc3)C2=O)c(C)cc1OC. The highest BCUT2D eigenvalue weighted by atomic mass is 32.2. The van der Waals surface area contributed by atoms with E-state index in [4.69, 9.17) is 21.7 Å². The topological polar surface area (TPSA) is 38.8 Å². The molecular weight excluding hydrogens is 402 g/mol. The van der Waals surface area contributed by atoms with Crippen LogP contribution in [0.15, 0.2) is 42.5 Å². The third-order valence-corrected chi connectivity index (χ3v) is 6.61. The third-order valence-electron chi connectivity index (χ3n) is 5.02. The van der Waals surface area contributed by atoms with E-state index in [-0.39, 0.29) is 11.2 Å². The summed E-state index contributed by atoms with van der Waals surface area (Å²) in [5, 5.41) is -0.180. The fourth-order valence-corrected chi connectivity index (χ4v) is 5.04. The van der Waals surface area contributed by atoms with Crippen molar-refractivity contribution in [3.8, 4) is 11.5 Å². The number of thiocarbonyl (C=S) groups is 1. The Morgan fingerprint density at radius 3 is 2.62 bits per heavy atom. The number of amides is 1. The highest BCUT2D eigenvalue weighted by molar-refractivity contribution is 8.24. The van der Waals surface area contributed by atoms with Gasteiger partial charge in [-0.1, -0.05) is 54.3 Å². The van der Waals surface area contributed by atoms with Gasteiger partial charge in [-0.3, -0.25) is 9.69 Å². The monoisotopic (exact) mass is 429 g/mol. The van der Waals surface area contributed by atoms with E-state index in [0.717, 1.165) is 29.7 Å². The number of thioether (sulfide) groups is 1. The van der Waals surface area contributed by atoms with Gasteiger partial charge in [0.25, 0.3) is 0 Å². The molecular formula is C23H27NO3S2. The van der Waals surface area contributed by atoms with Crippen molar-refractivity contribution >= 4 is 34.2 Å². The number of carbonyl (C=O) groups excluding carboxylic acids is 1. The molecule has 1 saturated heterocycles. The average Bonchev–Trinajstić information content (AvgIpc) is 2.98. The van der Waals surface area contributed by atoms with Crippen molar-refractivity contribution < 1.29 is 14.3 Å². The Hall–Kier alpha value is -2.05. The molecule has 0 bridgehead atoms. The fourth-order valence-electron chi connectivity index (χ4n) is 3.47. The zero-order chi connectivity index (χ0) is 20.8. The number of aryl methyl sites for hydroxylation is 2. The Morgan fingerprint density at radius 2 is 1.93 bits per heavy atom. The summed E-state index contributed by atoms with van der Waals surface area (Å²) in [5.41, 5.74) is 3.47. The second-order valence-corrected chi connectivity index (χ2v) is 8.85. The molecule has 154 valence electrons. The molecule has 1 heterocycles. The van der Waals surface area contributed by atoms with E-state index in [2.05, 4.69) is 12.1 Å². The second kappa shape index (κ2) is 10.1. The first-order valence-electron chi connectivity index (χ1n) is 9.89. The number of carbonyl (C=O) groups is 1. The molecule has 0 radical (unpaired) electrons. The predicted octanol–water partition coefficient (Wildman–Crippen LogP) is 4.81. The van der Waals surface area contributed by atoms with Crippen LogP contribution in [0.4, 0.5) is 0 Å². The van der Waals surface area contributed by atoms with E-state index >= 15 is 0 Å². The molecule has 1 aliphatic rings. The summed E-state index contributed by atoms with van der Waals surface area (Å²) in [6.07, 6.45) is 2.48. The number of hydrogen-bond acceptors (Lipinski definition) is 5. The number of hydrogen-bond donors (Lipinski definition) is 0. The van der Waals surface area contributed by atoms with Crippen molar-refractivity contribution in [1.82, 2.24) is 4.90 Å². The molecule has 0 unspecified atom stereocenters. The number of nitrogens with zero attached hydrogens (tertiary/aromatic N) is 1. The summed E-state index contributed by atoms with van der Waals surface area (Å²) in [6.45, 7) is 5.21. The Morgan fingerprint density at radius 1 is 1.17 bits per heavy atom. The van der Waals surface area contributed by atoms with E-state index in [1.165, 1.54) is 17.3 Å². The minimum Gasteiger partial charge on any atom is -0.493 e. The van der Waals surface area contributed by atoms with Crippen LogP contribution in [0.5, 0.6) is 11.5 Å². The molecule has 1 atom stereocenters. The van der Waals surface area contributed by atoms with Crippen LogP contribution in [0.1, 0.15) is 30.0 Å². The van der Waals surface area contributed by atoms with Crippen molar-refractivity contribution in [2.75, 3.05) is 20.3 Å². The Kier molecular flexibility index (Phi) is 7.56. The van der Waals surface area contributed by atoms with Crippen molar-refractivity contribution in [3.05, 3.63) is 59.2 Å². The highest BCUT2D eigenvalue weighted by Crippen LogP contribution is 2.35. The van der Waals surface area contributed by atoms with Gasteiger partial charge in [-0.05, 0) is 61.9 Å². The van der Waals surface area contributed by atoms with Gasteiger partial charge in [0.15, 0.2) is 11.5 Å². The third kappa shape index (κ3) is 5.31. The minimum absolute atomic E-state index is 0.112. The molecule has 1 amide bonds. The lowest BCUT2D eigenvalue weighted by atomic mass is 10.0. The van der Waals surface area contributed by atoms with Crippen molar-refractivity contribution in [2.45, 2.75) is 38.4 Å². The van der Waals surface area contributed by atoms with E-state index in [1.807, 2.05) is 44.2 Å². The molecule has 29 heavy (non-hydrogen) atoms. The van der Waals surface area contributed by atoms with Crippen LogP contribution in [0, 0.1) is 6.92 Å². The molecule has 2 aromatic rings. The lowest BCUT2D eigenvalue weighted by Crippen LogP contribution is -2.33. The first kappa shape index (κ1) is 21.7. The normalized spacial score (nSPS) is 16.4. The first-order valence-corrected chi connectivity index (χ1v) is 11.2. The van der Waals surface area contributed by atoms with Gasteiger partial charge < -0.3 is 9.47 Å². The number of rotatable bonds is 9. The molecule has 6 heteroatoms. The Bertz CT molecular complexity index is 870. The van der Waals surface area contributed by atoms with Crippen LogP contribution >= 0.6 is 24.0 Å². The smallest absolute Gasteiger partial charge is 0.241 e. The maximum atomic E-state index is 13.0. The summed E-state index contributed by atoms with van der Waals surface area (Å²) in [7, 11) is 1.64. The van der Waals surface area contributed by atoms with Crippen molar-refractivity contribution in [3.63, 3.8) is 0 Å². The van der Waals surface area contributed by atoms with Gasteiger partial charge in [0.05, 0.1) is 19.0 Å². The summed E-state index contributed by atoms with van der Waals surface area (Å²) < 4.78 is 11.8. The van der Waals surface area contributed by atoms with Gasteiger partial charge in [0.2, 0.25) is 5.91 Å². The fraction of sp³-hybridized carbons (Fsp3) is 0.391. The number of benzene rings is 2. The number of ether oxygens (including phenoxy) is 2. The molecule has 0 saturated carbocycles. The van der Waals surface area contributed by atoms with Gasteiger partial charge >= 0.3 is 0 Å². The second-order valence-electron chi connectivity index (χ2n) is 7.02. The molecule has 1 fully saturated rings. The Balaban J connectivity index is 1.64. The van der Waals surface area contributed by atoms with Crippen LogP contribution in [0.3, 0.4) is 0 Å². The van der Waals surface area contributed by atoms with Crippen molar-refractivity contribution in [2.24, 2.45) is 0 Å². The molecule has 3 rings (SSSR count). The number of methoxy groups -OCH3 is 1. The molecule has 0 aromatic heterocycles. The molecule has 0 aliphatic carbocycles. The van der Waals surface area contributed by atoms with Gasteiger partial charge in [-0.15, -0.1) is 0 Å². The van der Waals surface area contributed by atoms with Gasteiger partial charge in [-0.2, -0.15) is 0 Å². The lowest BCUT2D eigenvalue weighted by molar-refractivity contribution is -0.126. The average molecular weight is 430 g/mol. The molecule has 0 spiro atoms. The van der Waals surface area contributed by atoms with Crippen LogP contribution < -0.4 is 9.47 Å². The van der Waals surface area contributed by atoms with Gasteiger partial charge in [-0.25, -0.2) is 0 Å². The molecule has 4 nitrogen and oxygen atoms in total. The molecule has 2 aromatic carbocycles. The Labute approximate surface area is 182 Å². The standard InChI is InChI=1S/C23H27NO3S2/c1-4-27-20-14-18(16(2)13-19(20)26-3)15-21-22(25)24(23(28)29-21)12-8-11-17-9-6-5-7-10-17/h5-7,9-10,13-14,21H,4,8,11-12,15H2,1-3H3/t21-/m0/s1.